The van der Waals surface area contributed by atoms with Gasteiger partial charge in [0.1, 0.15) is 11.6 Å². The van der Waals surface area contributed by atoms with Crippen molar-refractivity contribution in [2.45, 2.75) is 0 Å². The van der Waals surface area contributed by atoms with Gasteiger partial charge in [0.2, 0.25) is 0 Å². The zero-order valence-electron chi connectivity index (χ0n) is 18.3. The van der Waals surface area contributed by atoms with Crippen molar-refractivity contribution in [1.82, 2.24) is 19.1 Å². The van der Waals surface area contributed by atoms with Gasteiger partial charge < -0.3 is 4.57 Å². The van der Waals surface area contributed by atoms with Crippen molar-refractivity contribution in [2.75, 3.05) is 0 Å². The first-order valence-electron chi connectivity index (χ1n) is 11.4. The molecule has 0 spiro atoms. The number of rotatable bonds is 3. The smallest absolute Gasteiger partial charge is 0.146 e. The number of aromatic nitrogens is 4. The van der Waals surface area contributed by atoms with Crippen molar-refractivity contribution in [1.29, 1.82) is 0 Å². The van der Waals surface area contributed by atoms with Crippen LogP contribution in [0.4, 0.5) is 0 Å². The summed E-state index contributed by atoms with van der Waals surface area (Å²) in [5.74, 6) is 1.74. The molecule has 7 rings (SSSR count). The van der Waals surface area contributed by atoms with E-state index >= 15 is 0 Å². The Kier molecular flexibility index (Phi) is 4.11. The Labute approximate surface area is 196 Å². The Morgan fingerprint density at radius 1 is 0.529 bits per heavy atom. The number of fused-ring (bicyclic) bond motifs is 5. The fraction of sp³-hybridized carbons (Fsp3) is 0. The molecule has 3 heterocycles. The van der Waals surface area contributed by atoms with Gasteiger partial charge in [0, 0.05) is 28.2 Å². The van der Waals surface area contributed by atoms with Gasteiger partial charge in [-0.2, -0.15) is 0 Å². The molecule has 0 saturated carbocycles. The molecule has 0 unspecified atom stereocenters. The van der Waals surface area contributed by atoms with Crippen LogP contribution in [0.1, 0.15) is 0 Å². The lowest BCUT2D eigenvalue weighted by Crippen LogP contribution is -1.99. The summed E-state index contributed by atoms with van der Waals surface area (Å²) in [6.45, 7) is 0. The van der Waals surface area contributed by atoms with E-state index in [1.165, 1.54) is 10.9 Å². The number of imidazole rings is 1. The highest BCUT2D eigenvalue weighted by atomic mass is 15.1. The molecule has 4 nitrogen and oxygen atoms in total. The van der Waals surface area contributed by atoms with Crippen molar-refractivity contribution < 1.29 is 0 Å². The molecule has 0 N–H and O–H groups in total. The van der Waals surface area contributed by atoms with Crippen LogP contribution < -0.4 is 0 Å². The average molecular weight is 437 g/mol. The largest absolute Gasteiger partial charge is 0.309 e. The maximum Gasteiger partial charge on any atom is 0.146 e. The van der Waals surface area contributed by atoms with Gasteiger partial charge in [-0.1, -0.05) is 72.8 Å². The molecule has 0 bridgehead atoms. The predicted octanol–water partition coefficient (Wildman–Crippen LogP) is 7.18. The Balaban J connectivity index is 1.66. The number of pyridine rings is 1. The van der Waals surface area contributed by atoms with Gasteiger partial charge in [-0.05, 0) is 42.5 Å². The summed E-state index contributed by atoms with van der Waals surface area (Å²) in [5, 5.41) is 2.35. The second-order valence-electron chi connectivity index (χ2n) is 8.34. The molecule has 3 aromatic heterocycles. The summed E-state index contributed by atoms with van der Waals surface area (Å²) >= 11 is 0. The summed E-state index contributed by atoms with van der Waals surface area (Å²) in [5.41, 5.74) is 6.54. The van der Waals surface area contributed by atoms with Crippen molar-refractivity contribution >= 4 is 32.8 Å². The second kappa shape index (κ2) is 7.42. The van der Waals surface area contributed by atoms with Gasteiger partial charge in [0.25, 0.3) is 0 Å². The first kappa shape index (κ1) is 18.8. The van der Waals surface area contributed by atoms with E-state index in [1.807, 2.05) is 42.6 Å². The molecule has 0 amide bonds. The van der Waals surface area contributed by atoms with E-state index in [9.17, 15) is 0 Å². The average Bonchev–Trinajstić information content (AvgIpc) is 3.46. The lowest BCUT2D eigenvalue weighted by molar-refractivity contribution is 1.03. The maximum atomic E-state index is 5.25. The minimum absolute atomic E-state index is 0.856. The summed E-state index contributed by atoms with van der Waals surface area (Å²) in [6, 6.07) is 39.8. The number of hydrogen-bond acceptors (Lipinski definition) is 2. The van der Waals surface area contributed by atoms with Crippen LogP contribution in [0.15, 0.2) is 121 Å². The molecule has 34 heavy (non-hydrogen) atoms. The normalized spacial score (nSPS) is 11.5. The monoisotopic (exact) mass is 436 g/mol. The van der Waals surface area contributed by atoms with Crippen LogP contribution in [0.5, 0.6) is 0 Å². The van der Waals surface area contributed by atoms with E-state index in [0.717, 1.165) is 44.8 Å². The lowest BCUT2D eigenvalue weighted by atomic mass is 10.1. The van der Waals surface area contributed by atoms with E-state index in [2.05, 4.69) is 93.0 Å². The third-order valence-electron chi connectivity index (χ3n) is 6.39. The van der Waals surface area contributed by atoms with Gasteiger partial charge in [-0.15, -0.1) is 0 Å². The predicted molar refractivity (Wildman–Crippen MR) is 139 cm³/mol. The number of nitrogens with zero attached hydrogens (tertiary/aromatic N) is 4. The Morgan fingerprint density at radius 3 is 2.03 bits per heavy atom. The van der Waals surface area contributed by atoms with E-state index in [0.29, 0.717) is 0 Å². The second-order valence-corrected chi connectivity index (χ2v) is 8.34. The van der Waals surface area contributed by atoms with E-state index in [1.54, 1.807) is 0 Å². The summed E-state index contributed by atoms with van der Waals surface area (Å²) in [6.07, 6.45) is 1.83. The van der Waals surface area contributed by atoms with Gasteiger partial charge in [-0.3, -0.25) is 4.57 Å². The molecule has 0 saturated heterocycles. The fourth-order valence-corrected chi connectivity index (χ4v) is 4.95. The van der Waals surface area contributed by atoms with Crippen LogP contribution in [-0.2, 0) is 0 Å². The molecule has 0 fully saturated rings. The Bertz CT molecular complexity index is 1780. The summed E-state index contributed by atoms with van der Waals surface area (Å²) in [7, 11) is 0. The summed E-state index contributed by atoms with van der Waals surface area (Å²) < 4.78 is 4.49. The third kappa shape index (κ3) is 2.72. The van der Waals surface area contributed by atoms with Crippen LogP contribution in [0.2, 0.25) is 0 Å². The molecule has 0 aliphatic rings. The number of para-hydroxylation sites is 2. The van der Waals surface area contributed by atoms with Crippen LogP contribution in [0.3, 0.4) is 0 Å². The van der Waals surface area contributed by atoms with Gasteiger partial charge in [0.05, 0.1) is 22.1 Å². The fourth-order valence-electron chi connectivity index (χ4n) is 4.95. The molecular weight excluding hydrogens is 416 g/mol. The molecule has 4 heteroatoms. The number of hydrogen-bond donors (Lipinski definition) is 0. The molecule has 7 aromatic rings. The van der Waals surface area contributed by atoms with Crippen molar-refractivity contribution in [3.63, 3.8) is 0 Å². The molecule has 160 valence electrons. The Morgan fingerprint density at radius 2 is 1.24 bits per heavy atom. The van der Waals surface area contributed by atoms with E-state index in [4.69, 9.17) is 4.98 Å². The molecule has 0 aliphatic carbocycles. The highest BCUT2D eigenvalue weighted by Crippen LogP contribution is 2.38. The highest BCUT2D eigenvalue weighted by molar-refractivity contribution is 6.20. The van der Waals surface area contributed by atoms with Crippen LogP contribution in [0, 0.1) is 0 Å². The van der Waals surface area contributed by atoms with Gasteiger partial charge >= 0.3 is 0 Å². The van der Waals surface area contributed by atoms with Crippen LogP contribution in [-0.4, -0.2) is 19.1 Å². The minimum atomic E-state index is 0.856. The van der Waals surface area contributed by atoms with E-state index in [-0.39, 0.29) is 0 Å². The molecule has 4 aromatic carbocycles. The maximum absolute atomic E-state index is 5.25. The van der Waals surface area contributed by atoms with Gasteiger partial charge in [0.15, 0.2) is 0 Å². The first-order valence-corrected chi connectivity index (χ1v) is 11.4. The topological polar surface area (TPSA) is 35.6 Å². The van der Waals surface area contributed by atoms with Crippen LogP contribution in [0.25, 0.3) is 55.7 Å². The first-order chi connectivity index (χ1) is 16.9. The minimum Gasteiger partial charge on any atom is -0.309 e. The molecule has 0 aliphatic heterocycles. The zero-order valence-corrected chi connectivity index (χ0v) is 18.3. The molecule has 0 radical (unpaired) electrons. The quantitative estimate of drug-likeness (QED) is 0.294. The SMILES string of the molecule is c1ccc(-c2nc3c4c5ccccc5n(-c5ccccc5)c4ccc3n2-c2ccccn2)cc1. The van der Waals surface area contributed by atoms with Crippen LogP contribution >= 0.6 is 0 Å². The van der Waals surface area contributed by atoms with Crippen molar-refractivity contribution in [2.24, 2.45) is 0 Å². The standard InChI is InChI=1S/C30H20N4/c1-3-11-21(12-4-1)30-32-29-26(34(30)27-17-9-10-20-31-27)19-18-25-28(29)23-15-7-8-16-24(23)33(25)22-13-5-2-6-14-22/h1-20H. The van der Waals surface area contributed by atoms with E-state index < -0.39 is 0 Å². The lowest BCUT2D eigenvalue weighted by Gasteiger charge is -2.09. The molecule has 0 atom stereocenters. The van der Waals surface area contributed by atoms with Gasteiger partial charge in [-0.25, -0.2) is 9.97 Å². The van der Waals surface area contributed by atoms with Crippen molar-refractivity contribution in [3.8, 4) is 22.9 Å². The van der Waals surface area contributed by atoms with Crippen molar-refractivity contribution in [3.05, 3.63) is 121 Å². The third-order valence-corrected chi connectivity index (χ3v) is 6.39. The summed E-state index contributed by atoms with van der Waals surface area (Å²) in [4.78, 5) is 9.92. The Hall–Kier alpha value is -4.70. The zero-order chi connectivity index (χ0) is 22.5. The molecular formula is C30H20N4. The highest BCUT2D eigenvalue weighted by Gasteiger charge is 2.21. The number of benzene rings is 4.